The standard InChI is InChI=1S/C11H7ClN4OS/c12-7-3-1-2-6(4-7)8-5-13-16-9(8)14-10(18)15-11(16)17/h1-5H,(H2,14,15,17,18). The smallest absolute Gasteiger partial charge is 0.319 e. The molecule has 0 radical (unpaired) electrons. The summed E-state index contributed by atoms with van der Waals surface area (Å²) in [6, 6.07) is 7.06. The Balaban J connectivity index is 2.30. The summed E-state index contributed by atoms with van der Waals surface area (Å²) in [5.74, 6) is 0. The fourth-order valence-corrected chi connectivity index (χ4v) is 2.09. The van der Waals surface area contributed by atoms with E-state index in [0.717, 1.165) is 11.1 Å². The SMILES string of the molecule is Oc1nc(S)nc2c(-c3cccc(Cl)c3)cnn12. The maximum atomic E-state index is 9.64. The fraction of sp³-hybridized carbons (Fsp3) is 0. The average Bonchev–Trinajstić information content (AvgIpc) is 2.72. The molecule has 0 aliphatic carbocycles. The van der Waals surface area contributed by atoms with Crippen molar-refractivity contribution in [1.82, 2.24) is 19.6 Å². The van der Waals surface area contributed by atoms with Crippen LogP contribution in [0.3, 0.4) is 0 Å². The molecule has 0 atom stereocenters. The van der Waals surface area contributed by atoms with Crippen LogP contribution < -0.4 is 0 Å². The van der Waals surface area contributed by atoms with E-state index in [9.17, 15) is 5.11 Å². The summed E-state index contributed by atoms with van der Waals surface area (Å²) in [6.07, 6.45) is 1.60. The minimum absolute atomic E-state index is 0.184. The van der Waals surface area contributed by atoms with Gasteiger partial charge in [-0.05, 0) is 17.7 Å². The Kier molecular flexibility index (Phi) is 2.61. The summed E-state index contributed by atoms with van der Waals surface area (Å²) in [5.41, 5.74) is 2.10. The number of hydrogen-bond acceptors (Lipinski definition) is 5. The van der Waals surface area contributed by atoms with Gasteiger partial charge in [-0.3, -0.25) is 0 Å². The van der Waals surface area contributed by atoms with Crippen LogP contribution in [-0.4, -0.2) is 24.7 Å². The zero-order valence-corrected chi connectivity index (χ0v) is 10.6. The van der Waals surface area contributed by atoms with Crippen LogP contribution in [0.1, 0.15) is 0 Å². The van der Waals surface area contributed by atoms with Gasteiger partial charge in [-0.2, -0.15) is 14.6 Å². The van der Waals surface area contributed by atoms with E-state index in [1.807, 2.05) is 12.1 Å². The molecule has 0 bridgehead atoms. The summed E-state index contributed by atoms with van der Waals surface area (Å²) in [5, 5.41) is 14.5. The van der Waals surface area contributed by atoms with Gasteiger partial charge in [-0.1, -0.05) is 23.7 Å². The molecule has 0 aliphatic rings. The van der Waals surface area contributed by atoms with E-state index in [1.54, 1.807) is 18.3 Å². The minimum atomic E-state index is -0.252. The van der Waals surface area contributed by atoms with Gasteiger partial charge in [0.1, 0.15) is 0 Å². The monoisotopic (exact) mass is 278 g/mol. The van der Waals surface area contributed by atoms with Gasteiger partial charge < -0.3 is 5.11 Å². The molecule has 18 heavy (non-hydrogen) atoms. The highest BCUT2D eigenvalue weighted by Crippen LogP contribution is 2.27. The van der Waals surface area contributed by atoms with Crippen LogP contribution in [0.2, 0.25) is 5.02 Å². The molecule has 2 aromatic heterocycles. The zero-order valence-electron chi connectivity index (χ0n) is 8.95. The lowest BCUT2D eigenvalue weighted by Crippen LogP contribution is -1.95. The maximum absolute atomic E-state index is 9.64. The Morgan fingerprint density at radius 1 is 1.28 bits per heavy atom. The van der Waals surface area contributed by atoms with E-state index in [2.05, 4.69) is 27.7 Å². The van der Waals surface area contributed by atoms with E-state index in [1.165, 1.54) is 4.52 Å². The van der Waals surface area contributed by atoms with Gasteiger partial charge in [0.2, 0.25) is 0 Å². The Labute approximate surface area is 112 Å². The molecule has 0 aliphatic heterocycles. The topological polar surface area (TPSA) is 63.3 Å². The van der Waals surface area contributed by atoms with E-state index < -0.39 is 0 Å². The molecular weight excluding hydrogens is 272 g/mol. The van der Waals surface area contributed by atoms with Gasteiger partial charge >= 0.3 is 6.01 Å². The third-order valence-corrected chi connectivity index (χ3v) is 2.91. The Morgan fingerprint density at radius 2 is 2.11 bits per heavy atom. The van der Waals surface area contributed by atoms with Gasteiger partial charge in [0, 0.05) is 10.6 Å². The molecular formula is C11H7ClN4OS. The van der Waals surface area contributed by atoms with Crippen LogP contribution in [0, 0.1) is 0 Å². The molecule has 0 amide bonds. The summed E-state index contributed by atoms with van der Waals surface area (Å²) in [4.78, 5) is 7.86. The molecule has 7 heteroatoms. The van der Waals surface area contributed by atoms with E-state index in [4.69, 9.17) is 11.6 Å². The van der Waals surface area contributed by atoms with Crippen LogP contribution in [0.15, 0.2) is 35.6 Å². The largest absolute Gasteiger partial charge is 0.479 e. The normalized spacial score (nSPS) is 11.0. The molecule has 3 rings (SSSR count). The Morgan fingerprint density at radius 3 is 2.89 bits per heavy atom. The number of nitrogens with zero attached hydrogens (tertiary/aromatic N) is 4. The molecule has 5 nitrogen and oxygen atoms in total. The molecule has 3 aromatic rings. The molecule has 1 aromatic carbocycles. The lowest BCUT2D eigenvalue weighted by Gasteiger charge is -2.01. The van der Waals surface area contributed by atoms with E-state index in [-0.39, 0.29) is 11.2 Å². The molecule has 0 saturated carbocycles. The summed E-state index contributed by atoms with van der Waals surface area (Å²) < 4.78 is 1.25. The number of halogens is 1. The van der Waals surface area contributed by atoms with Crippen LogP contribution in [0.4, 0.5) is 0 Å². The van der Waals surface area contributed by atoms with Crippen molar-refractivity contribution in [1.29, 1.82) is 0 Å². The highest BCUT2D eigenvalue weighted by atomic mass is 35.5. The highest BCUT2D eigenvalue weighted by molar-refractivity contribution is 7.80. The second-order valence-corrected chi connectivity index (χ2v) is 4.46. The maximum Gasteiger partial charge on any atom is 0.319 e. The average molecular weight is 279 g/mol. The molecule has 2 heterocycles. The second-order valence-electron chi connectivity index (χ2n) is 3.63. The predicted octanol–water partition coefficient (Wildman–Crippen LogP) is 2.44. The van der Waals surface area contributed by atoms with Crippen LogP contribution in [-0.2, 0) is 0 Å². The summed E-state index contributed by atoms with van der Waals surface area (Å²) in [6.45, 7) is 0. The van der Waals surface area contributed by atoms with Gasteiger partial charge in [0.05, 0.1) is 6.20 Å². The number of thiol groups is 1. The third-order valence-electron chi connectivity index (χ3n) is 2.47. The minimum Gasteiger partial charge on any atom is -0.479 e. The first kappa shape index (κ1) is 11.3. The van der Waals surface area contributed by atoms with Crippen molar-refractivity contribution in [2.75, 3.05) is 0 Å². The fourth-order valence-electron chi connectivity index (χ4n) is 1.71. The number of fused-ring (bicyclic) bond motifs is 1. The third kappa shape index (κ3) is 1.79. The summed E-state index contributed by atoms with van der Waals surface area (Å²) >= 11 is 9.99. The number of hydrogen-bond donors (Lipinski definition) is 2. The van der Waals surface area contributed by atoms with E-state index >= 15 is 0 Å². The van der Waals surface area contributed by atoms with Crippen molar-refractivity contribution >= 4 is 29.9 Å². The first-order valence-corrected chi connectivity index (χ1v) is 5.87. The van der Waals surface area contributed by atoms with Gasteiger partial charge in [-0.15, -0.1) is 12.6 Å². The predicted molar refractivity (Wildman–Crippen MR) is 70.1 cm³/mol. The molecule has 90 valence electrons. The van der Waals surface area contributed by atoms with Crippen molar-refractivity contribution in [3.63, 3.8) is 0 Å². The lowest BCUT2D eigenvalue weighted by molar-refractivity contribution is 0.404. The van der Waals surface area contributed by atoms with Gasteiger partial charge in [0.25, 0.3) is 0 Å². The number of aromatic hydroxyl groups is 1. The van der Waals surface area contributed by atoms with Crippen LogP contribution in [0.5, 0.6) is 6.01 Å². The van der Waals surface area contributed by atoms with Gasteiger partial charge in [-0.25, -0.2) is 4.98 Å². The number of rotatable bonds is 1. The Bertz CT molecular complexity index is 743. The molecule has 0 saturated heterocycles. The van der Waals surface area contributed by atoms with Crippen molar-refractivity contribution < 1.29 is 5.11 Å². The quantitative estimate of drug-likeness (QED) is 0.671. The van der Waals surface area contributed by atoms with E-state index in [0.29, 0.717) is 10.7 Å². The number of aromatic nitrogens is 4. The molecule has 0 fully saturated rings. The molecule has 0 spiro atoms. The first-order chi connectivity index (χ1) is 8.65. The second kappa shape index (κ2) is 4.15. The van der Waals surface area contributed by atoms with Crippen LogP contribution in [0.25, 0.3) is 16.8 Å². The molecule has 1 N–H and O–H groups in total. The van der Waals surface area contributed by atoms with Crippen LogP contribution >= 0.6 is 24.2 Å². The van der Waals surface area contributed by atoms with Gasteiger partial charge in [0.15, 0.2) is 10.8 Å². The van der Waals surface area contributed by atoms with Crippen molar-refractivity contribution in [2.45, 2.75) is 5.16 Å². The Hall–Kier alpha value is -1.79. The lowest BCUT2D eigenvalue weighted by atomic mass is 10.1. The zero-order chi connectivity index (χ0) is 12.7. The molecule has 0 unspecified atom stereocenters. The van der Waals surface area contributed by atoms with Crippen molar-refractivity contribution in [2.24, 2.45) is 0 Å². The first-order valence-electron chi connectivity index (χ1n) is 5.05. The number of benzene rings is 1. The summed E-state index contributed by atoms with van der Waals surface area (Å²) in [7, 11) is 0. The highest BCUT2D eigenvalue weighted by Gasteiger charge is 2.12. The van der Waals surface area contributed by atoms with Crippen molar-refractivity contribution in [3.05, 3.63) is 35.5 Å². The van der Waals surface area contributed by atoms with Crippen molar-refractivity contribution in [3.8, 4) is 17.1 Å².